The maximum absolute atomic E-state index is 12.0. The van der Waals surface area contributed by atoms with Crippen molar-refractivity contribution in [3.63, 3.8) is 0 Å². The molecule has 0 radical (unpaired) electrons. The maximum Gasteiger partial charge on any atom is 0.255 e. The minimum absolute atomic E-state index is 0.137. The van der Waals surface area contributed by atoms with Crippen molar-refractivity contribution in [2.45, 2.75) is 12.8 Å². The Balaban J connectivity index is 2.64. The van der Waals surface area contributed by atoms with Crippen LogP contribution in [0.15, 0.2) is 23.4 Å². The Kier molecular flexibility index (Phi) is 6.15. The summed E-state index contributed by atoms with van der Waals surface area (Å²) in [6.07, 6.45) is 0.986. The van der Waals surface area contributed by atoms with E-state index in [1.165, 1.54) is 14.2 Å². The average Bonchev–Trinajstić information content (AvgIpc) is 2.49. The predicted octanol–water partition coefficient (Wildman–Crippen LogP) is 0.960. The fourth-order valence-electron chi connectivity index (χ4n) is 1.68. The average molecular weight is 281 g/mol. The molecule has 0 heterocycles. The van der Waals surface area contributed by atoms with Gasteiger partial charge in [-0.2, -0.15) is 0 Å². The number of methoxy groups -OCH3 is 2. The SMILES string of the molecule is COc1cccc(C(=O)NCCCC(N)=NO)c1OC. The number of ether oxygens (including phenoxy) is 2. The monoisotopic (exact) mass is 281 g/mol. The van der Waals surface area contributed by atoms with E-state index in [2.05, 4.69) is 10.5 Å². The third-order valence-corrected chi connectivity index (χ3v) is 2.67. The number of benzene rings is 1. The first-order chi connectivity index (χ1) is 9.63. The zero-order chi connectivity index (χ0) is 15.0. The molecule has 0 fully saturated rings. The number of hydrogen-bond acceptors (Lipinski definition) is 5. The summed E-state index contributed by atoms with van der Waals surface area (Å²) in [7, 11) is 2.99. The van der Waals surface area contributed by atoms with Gasteiger partial charge in [0.2, 0.25) is 0 Å². The van der Waals surface area contributed by atoms with Crippen molar-refractivity contribution in [3.8, 4) is 11.5 Å². The Morgan fingerprint density at radius 2 is 2.15 bits per heavy atom. The molecule has 0 aromatic heterocycles. The van der Waals surface area contributed by atoms with Crippen molar-refractivity contribution in [1.29, 1.82) is 0 Å². The fourth-order valence-corrected chi connectivity index (χ4v) is 1.68. The fraction of sp³-hybridized carbons (Fsp3) is 0.385. The molecule has 0 aliphatic heterocycles. The maximum atomic E-state index is 12.0. The van der Waals surface area contributed by atoms with Crippen LogP contribution in [0.25, 0.3) is 0 Å². The van der Waals surface area contributed by atoms with E-state index < -0.39 is 0 Å². The van der Waals surface area contributed by atoms with Crippen LogP contribution in [0.5, 0.6) is 11.5 Å². The number of nitrogens with two attached hydrogens (primary N) is 1. The Labute approximate surface area is 117 Å². The highest BCUT2D eigenvalue weighted by molar-refractivity contribution is 5.97. The lowest BCUT2D eigenvalue weighted by Gasteiger charge is -2.12. The van der Waals surface area contributed by atoms with Crippen LogP contribution in [0.4, 0.5) is 0 Å². The third-order valence-electron chi connectivity index (χ3n) is 2.67. The van der Waals surface area contributed by atoms with Crippen LogP contribution >= 0.6 is 0 Å². The molecule has 0 unspecified atom stereocenters. The molecule has 110 valence electrons. The van der Waals surface area contributed by atoms with Crippen LogP contribution in [0.2, 0.25) is 0 Å². The second-order valence-electron chi connectivity index (χ2n) is 3.99. The summed E-state index contributed by atoms with van der Waals surface area (Å²) < 4.78 is 10.3. The number of carbonyl (C=O) groups excluding carboxylic acids is 1. The van der Waals surface area contributed by atoms with Gasteiger partial charge < -0.3 is 25.7 Å². The van der Waals surface area contributed by atoms with E-state index in [-0.39, 0.29) is 11.7 Å². The molecule has 0 spiro atoms. The highest BCUT2D eigenvalue weighted by atomic mass is 16.5. The molecule has 4 N–H and O–H groups in total. The number of amidine groups is 1. The molecule has 1 amide bonds. The predicted molar refractivity (Wildman–Crippen MR) is 74.5 cm³/mol. The van der Waals surface area contributed by atoms with E-state index in [0.29, 0.717) is 36.4 Å². The Hall–Kier alpha value is -2.44. The molecule has 1 aromatic rings. The first-order valence-electron chi connectivity index (χ1n) is 6.09. The molecule has 0 aliphatic carbocycles. The minimum Gasteiger partial charge on any atom is -0.493 e. The molecular weight excluding hydrogens is 262 g/mol. The highest BCUT2D eigenvalue weighted by Gasteiger charge is 2.15. The molecule has 0 atom stereocenters. The highest BCUT2D eigenvalue weighted by Crippen LogP contribution is 2.30. The normalized spacial score (nSPS) is 11.0. The summed E-state index contributed by atoms with van der Waals surface area (Å²) in [4.78, 5) is 12.0. The molecule has 0 saturated carbocycles. The van der Waals surface area contributed by atoms with Crippen LogP contribution in [-0.2, 0) is 0 Å². The summed E-state index contributed by atoms with van der Waals surface area (Å²) in [5, 5.41) is 14.0. The number of hydrogen-bond donors (Lipinski definition) is 3. The van der Waals surface area contributed by atoms with Gasteiger partial charge in [-0.25, -0.2) is 0 Å². The van der Waals surface area contributed by atoms with Gasteiger partial charge in [0.05, 0.1) is 19.8 Å². The van der Waals surface area contributed by atoms with Gasteiger partial charge >= 0.3 is 0 Å². The van der Waals surface area contributed by atoms with E-state index in [1.54, 1.807) is 18.2 Å². The Morgan fingerprint density at radius 3 is 2.75 bits per heavy atom. The van der Waals surface area contributed by atoms with Gasteiger partial charge in [0.25, 0.3) is 5.91 Å². The van der Waals surface area contributed by atoms with Gasteiger partial charge in [-0.1, -0.05) is 11.2 Å². The summed E-state index contributed by atoms with van der Waals surface area (Å²) in [6, 6.07) is 5.08. The number of carbonyl (C=O) groups is 1. The van der Waals surface area contributed by atoms with Gasteiger partial charge in [-0.3, -0.25) is 4.79 Å². The molecule has 7 nitrogen and oxygen atoms in total. The zero-order valence-electron chi connectivity index (χ0n) is 11.5. The summed E-state index contributed by atoms with van der Waals surface area (Å²) in [5.41, 5.74) is 5.73. The van der Waals surface area contributed by atoms with Crippen LogP contribution in [0.3, 0.4) is 0 Å². The standard InChI is InChI=1S/C13H19N3O4/c1-19-10-6-3-5-9(12(10)20-2)13(17)15-8-4-7-11(14)16-18/h3,5-6,18H,4,7-8H2,1-2H3,(H2,14,16)(H,15,17). The molecule has 20 heavy (non-hydrogen) atoms. The number of oxime groups is 1. The smallest absolute Gasteiger partial charge is 0.255 e. The molecule has 1 aromatic carbocycles. The number of para-hydroxylation sites is 1. The molecule has 1 rings (SSSR count). The van der Waals surface area contributed by atoms with Crippen molar-refractivity contribution in [2.75, 3.05) is 20.8 Å². The Morgan fingerprint density at radius 1 is 1.40 bits per heavy atom. The largest absolute Gasteiger partial charge is 0.493 e. The van der Waals surface area contributed by atoms with E-state index in [1.807, 2.05) is 0 Å². The lowest BCUT2D eigenvalue weighted by Crippen LogP contribution is -2.26. The molecule has 0 saturated heterocycles. The number of rotatable bonds is 7. The lowest BCUT2D eigenvalue weighted by molar-refractivity contribution is 0.0949. The molecule has 0 bridgehead atoms. The lowest BCUT2D eigenvalue weighted by atomic mass is 10.1. The molecule has 0 aliphatic rings. The summed E-state index contributed by atoms with van der Waals surface area (Å²) in [6.45, 7) is 0.412. The van der Waals surface area contributed by atoms with Crippen LogP contribution in [0, 0.1) is 0 Å². The van der Waals surface area contributed by atoms with Crippen molar-refractivity contribution in [1.82, 2.24) is 5.32 Å². The van der Waals surface area contributed by atoms with Crippen LogP contribution in [-0.4, -0.2) is 37.7 Å². The molecule has 7 heteroatoms. The second-order valence-corrected chi connectivity index (χ2v) is 3.99. The quantitative estimate of drug-likeness (QED) is 0.227. The van der Waals surface area contributed by atoms with Crippen molar-refractivity contribution < 1.29 is 19.5 Å². The van der Waals surface area contributed by atoms with Crippen molar-refractivity contribution in [2.24, 2.45) is 10.9 Å². The van der Waals surface area contributed by atoms with Crippen LogP contribution in [0.1, 0.15) is 23.2 Å². The van der Waals surface area contributed by atoms with Gasteiger partial charge in [0.15, 0.2) is 11.5 Å². The van der Waals surface area contributed by atoms with E-state index in [9.17, 15) is 4.79 Å². The van der Waals surface area contributed by atoms with E-state index in [4.69, 9.17) is 20.4 Å². The van der Waals surface area contributed by atoms with Gasteiger partial charge in [-0.05, 0) is 18.6 Å². The second kappa shape index (κ2) is 7.88. The summed E-state index contributed by atoms with van der Waals surface area (Å²) in [5.74, 6) is 0.763. The van der Waals surface area contributed by atoms with Crippen molar-refractivity contribution >= 4 is 11.7 Å². The van der Waals surface area contributed by atoms with Gasteiger partial charge in [0.1, 0.15) is 5.84 Å². The Bertz CT molecular complexity index is 489. The number of nitrogens with one attached hydrogen (secondary N) is 1. The van der Waals surface area contributed by atoms with Gasteiger partial charge in [-0.15, -0.1) is 0 Å². The number of amides is 1. The van der Waals surface area contributed by atoms with E-state index in [0.717, 1.165) is 0 Å². The molecular formula is C13H19N3O4. The van der Waals surface area contributed by atoms with Gasteiger partial charge in [0, 0.05) is 13.0 Å². The minimum atomic E-state index is -0.264. The number of nitrogens with zero attached hydrogens (tertiary/aromatic N) is 1. The van der Waals surface area contributed by atoms with Crippen LogP contribution < -0.4 is 20.5 Å². The topological polar surface area (TPSA) is 106 Å². The third kappa shape index (κ3) is 4.04. The first-order valence-corrected chi connectivity index (χ1v) is 6.09. The first kappa shape index (κ1) is 15.6. The zero-order valence-corrected chi connectivity index (χ0v) is 11.5. The van der Waals surface area contributed by atoms with E-state index >= 15 is 0 Å². The summed E-state index contributed by atoms with van der Waals surface area (Å²) >= 11 is 0. The van der Waals surface area contributed by atoms with Crippen molar-refractivity contribution in [3.05, 3.63) is 23.8 Å².